The molecule has 3 heterocycles. The number of H-pyrrole nitrogens is 1. The van der Waals surface area contributed by atoms with Crippen LogP contribution in [0.2, 0.25) is 0 Å². The van der Waals surface area contributed by atoms with E-state index in [4.69, 9.17) is 4.74 Å². The Morgan fingerprint density at radius 1 is 1.10 bits per heavy atom. The van der Waals surface area contributed by atoms with Crippen molar-refractivity contribution >= 4 is 26.8 Å². The van der Waals surface area contributed by atoms with Crippen molar-refractivity contribution in [2.75, 3.05) is 32.8 Å². The number of rotatable bonds is 5. The molecule has 8 heteroatoms. The monoisotopic (exact) mass is 419 g/mol. The lowest BCUT2D eigenvalue weighted by Gasteiger charge is -2.21. The summed E-state index contributed by atoms with van der Waals surface area (Å²) in [5.74, 6) is 0.284. The van der Waals surface area contributed by atoms with Gasteiger partial charge in [-0.05, 0) is 55.9 Å². The van der Waals surface area contributed by atoms with Crippen molar-refractivity contribution in [3.63, 3.8) is 0 Å². The minimum atomic E-state index is -3.51. The first-order chi connectivity index (χ1) is 14.0. The van der Waals surface area contributed by atoms with Crippen LogP contribution in [0.3, 0.4) is 0 Å². The molecular weight excluding hydrogens is 390 g/mol. The van der Waals surface area contributed by atoms with Gasteiger partial charge in [0.05, 0.1) is 4.90 Å². The van der Waals surface area contributed by atoms with Crippen LogP contribution >= 0.6 is 0 Å². The summed E-state index contributed by atoms with van der Waals surface area (Å²) in [7, 11) is -3.51. The predicted molar refractivity (Wildman–Crippen MR) is 111 cm³/mol. The number of aromatic nitrogens is 1. The molecule has 2 saturated heterocycles. The molecule has 4 rings (SSSR count). The Morgan fingerprint density at radius 3 is 2.55 bits per heavy atom. The molecule has 1 amide bonds. The number of benzene rings is 1. The lowest BCUT2D eigenvalue weighted by atomic mass is 10.0. The zero-order chi connectivity index (χ0) is 20.3. The van der Waals surface area contributed by atoms with E-state index in [-0.39, 0.29) is 5.91 Å². The molecule has 1 aromatic carbocycles. The standard InChI is InChI=1S/C21H29N3O4S/c25-21(22-15-16-7-11-28-12-8-16)20-14-17-13-18(5-6-19(17)23-20)29(26,27)24-9-3-1-2-4-10-24/h5-6,13-14,16,23H,1-4,7-12,15H2,(H,22,25). The van der Waals surface area contributed by atoms with Gasteiger partial charge in [-0.3, -0.25) is 4.79 Å². The van der Waals surface area contributed by atoms with Gasteiger partial charge < -0.3 is 15.0 Å². The highest BCUT2D eigenvalue weighted by Gasteiger charge is 2.25. The third-order valence-corrected chi connectivity index (χ3v) is 7.83. The highest BCUT2D eigenvalue weighted by molar-refractivity contribution is 7.89. The Balaban J connectivity index is 1.49. The summed E-state index contributed by atoms with van der Waals surface area (Å²) in [6.07, 6.45) is 5.89. The molecule has 2 aliphatic heterocycles. The largest absolute Gasteiger partial charge is 0.381 e. The van der Waals surface area contributed by atoms with Crippen molar-refractivity contribution in [1.29, 1.82) is 0 Å². The first-order valence-corrected chi connectivity index (χ1v) is 12.0. The molecule has 0 radical (unpaired) electrons. The van der Waals surface area contributed by atoms with Crippen molar-refractivity contribution in [2.45, 2.75) is 43.4 Å². The van der Waals surface area contributed by atoms with Crippen LogP contribution in [0.1, 0.15) is 49.0 Å². The van der Waals surface area contributed by atoms with Crippen LogP contribution in [0.25, 0.3) is 10.9 Å². The Morgan fingerprint density at radius 2 is 1.83 bits per heavy atom. The van der Waals surface area contributed by atoms with E-state index in [0.29, 0.717) is 36.1 Å². The Labute approximate surface area is 171 Å². The lowest BCUT2D eigenvalue weighted by Crippen LogP contribution is -2.32. The quantitative estimate of drug-likeness (QED) is 0.780. The number of nitrogens with zero attached hydrogens (tertiary/aromatic N) is 1. The molecule has 0 aliphatic carbocycles. The van der Waals surface area contributed by atoms with Crippen molar-refractivity contribution < 1.29 is 17.9 Å². The molecule has 0 unspecified atom stereocenters. The van der Waals surface area contributed by atoms with Crippen molar-refractivity contribution in [2.24, 2.45) is 5.92 Å². The highest BCUT2D eigenvalue weighted by atomic mass is 32.2. The molecule has 2 aromatic rings. The predicted octanol–water partition coefficient (Wildman–Crippen LogP) is 2.89. The van der Waals surface area contributed by atoms with E-state index < -0.39 is 10.0 Å². The number of sulfonamides is 1. The lowest BCUT2D eigenvalue weighted by molar-refractivity contribution is 0.0642. The summed E-state index contributed by atoms with van der Waals surface area (Å²) in [6, 6.07) is 6.77. The van der Waals surface area contributed by atoms with E-state index in [1.54, 1.807) is 28.6 Å². The van der Waals surface area contributed by atoms with Gasteiger partial charge in [-0.25, -0.2) is 8.42 Å². The van der Waals surface area contributed by atoms with Gasteiger partial charge in [0.15, 0.2) is 0 Å². The smallest absolute Gasteiger partial charge is 0.267 e. The van der Waals surface area contributed by atoms with Gasteiger partial charge >= 0.3 is 0 Å². The summed E-state index contributed by atoms with van der Waals surface area (Å²) in [5, 5.41) is 3.71. The first kappa shape index (κ1) is 20.4. The summed E-state index contributed by atoms with van der Waals surface area (Å²) < 4.78 is 33.0. The number of aromatic amines is 1. The zero-order valence-electron chi connectivity index (χ0n) is 16.7. The van der Waals surface area contributed by atoms with E-state index in [1.807, 2.05) is 0 Å². The Kier molecular flexibility index (Phi) is 6.22. The fourth-order valence-electron chi connectivity index (χ4n) is 4.11. The Hall–Kier alpha value is -1.90. The summed E-state index contributed by atoms with van der Waals surface area (Å²) >= 11 is 0. The molecule has 1 aromatic heterocycles. The van der Waals surface area contributed by atoms with Crippen LogP contribution in [0, 0.1) is 5.92 Å². The van der Waals surface area contributed by atoms with Gasteiger partial charge in [-0.15, -0.1) is 0 Å². The molecule has 7 nitrogen and oxygen atoms in total. The Bertz CT molecular complexity index is 955. The van der Waals surface area contributed by atoms with Crippen molar-refractivity contribution in [1.82, 2.24) is 14.6 Å². The van der Waals surface area contributed by atoms with Gasteiger partial charge in [0.1, 0.15) is 5.69 Å². The second kappa shape index (κ2) is 8.85. The molecule has 29 heavy (non-hydrogen) atoms. The summed E-state index contributed by atoms with van der Waals surface area (Å²) in [4.78, 5) is 15.9. The van der Waals surface area contributed by atoms with Gasteiger partial charge in [0, 0.05) is 43.8 Å². The third kappa shape index (κ3) is 4.65. The molecule has 0 saturated carbocycles. The minimum absolute atomic E-state index is 0.162. The molecule has 158 valence electrons. The molecule has 0 spiro atoms. The number of amides is 1. The average Bonchev–Trinajstić information content (AvgIpc) is 2.97. The normalized spacial score (nSPS) is 19.9. The molecular formula is C21H29N3O4S. The maximum absolute atomic E-state index is 13.0. The van der Waals surface area contributed by atoms with E-state index in [1.165, 1.54) is 0 Å². The van der Waals surface area contributed by atoms with Crippen molar-refractivity contribution in [3.05, 3.63) is 30.0 Å². The number of ether oxygens (including phenoxy) is 1. The van der Waals surface area contributed by atoms with Crippen molar-refractivity contribution in [3.8, 4) is 0 Å². The van der Waals surface area contributed by atoms with E-state index in [2.05, 4.69) is 10.3 Å². The van der Waals surface area contributed by atoms with Crippen LogP contribution in [0.4, 0.5) is 0 Å². The number of fused-ring (bicyclic) bond motifs is 1. The minimum Gasteiger partial charge on any atom is -0.381 e. The third-order valence-electron chi connectivity index (χ3n) is 5.93. The molecule has 0 bridgehead atoms. The molecule has 0 atom stereocenters. The van der Waals surface area contributed by atoms with E-state index in [9.17, 15) is 13.2 Å². The number of hydrogen-bond donors (Lipinski definition) is 2. The van der Waals surface area contributed by atoms with E-state index >= 15 is 0 Å². The maximum atomic E-state index is 13.0. The number of carbonyl (C=O) groups excluding carboxylic acids is 1. The molecule has 2 aliphatic rings. The topological polar surface area (TPSA) is 91.5 Å². The fraction of sp³-hybridized carbons (Fsp3) is 0.571. The highest BCUT2D eigenvalue weighted by Crippen LogP contribution is 2.25. The number of hydrogen-bond acceptors (Lipinski definition) is 4. The first-order valence-electron chi connectivity index (χ1n) is 10.5. The van der Waals surface area contributed by atoms with Crippen LogP contribution in [0.15, 0.2) is 29.2 Å². The van der Waals surface area contributed by atoms with Gasteiger partial charge in [0.2, 0.25) is 10.0 Å². The maximum Gasteiger partial charge on any atom is 0.267 e. The van der Waals surface area contributed by atoms with Gasteiger partial charge in [-0.1, -0.05) is 12.8 Å². The summed E-state index contributed by atoms with van der Waals surface area (Å²) in [5.41, 5.74) is 1.22. The SMILES string of the molecule is O=C(NCC1CCOCC1)c1cc2cc(S(=O)(=O)N3CCCCCC3)ccc2[nH]1. The summed E-state index contributed by atoms with van der Waals surface area (Å²) in [6.45, 7) is 3.29. The zero-order valence-corrected chi connectivity index (χ0v) is 17.5. The number of carbonyl (C=O) groups is 1. The van der Waals surface area contributed by atoms with Crippen LogP contribution in [0.5, 0.6) is 0 Å². The second-order valence-electron chi connectivity index (χ2n) is 8.02. The second-order valence-corrected chi connectivity index (χ2v) is 9.95. The van der Waals surface area contributed by atoms with Gasteiger partial charge in [-0.2, -0.15) is 4.31 Å². The van der Waals surface area contributed by atoms with E-state index in [0.717, 1.165) is 62.6 Å². The number of nitrogens with one attached hydrogen (secondary N) is 2. The van der Waals surface area contributed by atoms with Crippen LogP contribution in [-0.4, -0.2) is 56.5 Å². The molecule has 2 N–H and O–H groups in total. The van der Waals surface area contributed by atoms with Gasteiger partial charge in [0.25, 0.3) is 5.91 Å². The van der Waals surface area contributed by atoms with Crippen LogP contribution < -0.4 is 5.32 Å². The fourth-order valence-corrected chi connectivity index (χ4v) is 5.66. The van der Waals surface area contributed by atoms with Crippen LogP contribution in [-0.2, 0) is 14.8 Å². The average molecular weight is 420 g/mol. The molecule has 2 fully saturated rings.